The fourth-order valence-electron chi connectivity index (χ4n) is 7.72. The number of nitro groups is 1. The lowest BCUT2D eigenvalue weighted by atomic mass is 9.70. The number of nitro benzene ring substituents is 1. The first-order valence-electron chi connectivity index (χ1n) is 19.9. The molecule has 15 heteroatoms. The van der Waals surface area contributed by atoms with E-state index in [9.17, 15) is 24.5 Å². The summed E-state index contributed by atoms with van der Waals surface area (Å²) in [4.78, 5) is 57.7. The normalized spacial score (nSPS) is 18.1. The van der Waals surface area contributed by atoms with E-state index in [2.05, 4.69) is 26.6 Å². The van der Waals surface area contributed by atoms with Crippen molar-refractivity contribution < 1.29 is 42.7 Å². The van der Waals surface area contributed by atoms with Crippen LogP contribution in [0.1, 0.15) is 75.4 Å². The van der Waals surface area contributed by atoms with Gasteiger partial charge < -0.3 is 34.0 Å². The standard InChI is InChI=1S/C47H41BrN4O10/c1-28(2)39-44-51-40-42(62-44)47(27-61-45(40)54,33-17-11-18-35(48)41(33)59-26-32-16-9-10-19-37(32)52(56)57)34-22-31(20-21-38(34)58-24-29-12-5-3-6-13-29)23-36(43(53)50-39)49-46(55)60-25-30-14-7-4-8-15-30/h3-22,28,36,39H,23-27H2,1-2H3,(H,49,55)(H,50,53)/t36-,39-,47+/m0/s1. The number of cyclic esters (lactones) is 1. The van der Waals surface area contributed by atoms with E-state index >= 15 is 0 Å². The smallest absolute Gasteiger partial charge is 0.408 e. The van der Waals surface area contributed by atoms with Crippen molar-refractivity contribution in [1.29, 1.82) is 0 Å². The quantitative estimate of drug-likeness (QED) is 0.0681. The fourth-order valence-corrected chi connectivity index (χ4v) is 8.20. The van der Waals surface area contributed by atoms with Gasteiger partial charge in [0.05, 0.1) is 15.0 Å². The minimum absolute atomic E-state index is 0.0116. The molecule has 0 fully saturated rings. The molecule has 4 bridgehead atoms. The summed E-state index contributed by atoms with van der Waals surface area (Å²) in [5.41, 5.74) is 1.77. The van der Waals surface area contributed by atoms with Crippen LogP contribution >= 0.6 is 15.9 Å². The lowest BCUT2D eigenvalue weighted by Gasteiger charge is -2.38. The highest BCUT2D eigenvalue weighted by atomic mass is 79.9. The number of aromatic nitrogens is 1. The lowest BCUT2D eigenvalue weighted by molar-refractivity contribution is -0.385. The Balaban J connectivity index is 1.31. The largest absolute Gasteiger partial charge is 0.489 e. The number of alkyl carbamates (subject to hydrolysis) is 1. The predicted octanol–water partition coefficient (Wildman–Crippen LogP) is 8.67. The molecular weight excluding hydrogens is 860 g/mol. The maximum Gasteiger partial charge on any atom is 0.408 e. The van der Waals surface area contributed by atoms with Gasteiger partial charge in [-0.2, -0.15) is 0 Å². The molecule has 2 N–H and O–H groups in total. The van der Waals surface area contributed by atoms with Gasteiger partial charge in [-0.05, 0) is 56.7 Å². The van der Waals surface area contributed by atoms with Crippen LogP contribution in [0.15, 0.2) is 130 Å². The summed E-state index contributed by atoms with van der Waals surface area (Å²) in [7, 11) is 0. The molecule has 8 rings (SSSR count). The van der Waals surface area contributed by atoms with E-state index in [0.717, 1.165) is 11.1 Å². The molecule has 2 aliphatic heterocycles. The second-order valence-corrected chi connectivity index (χ2v) is 16.2. The third-order valence-corrected chi connectivity index (χ3v) is 11.5. The highest BCUT2D eigenvalue weighted by Gasteiger charge is 2.53. The molecule has 3 heterocycles. The molecule has 0 saturated carbocycles. The van der Waals surface area contributed by atoms with Gasteiger partial charge in [0.25, 0.3) is 5.69 Å². The number of hydrogen-bond donors (Lipinski definition) is 2. The van der Waals surface area contributed by atoms with Gasteiger partial charge in [0, 0.05) is 23.6 Å². The molecule has 2 aliphatic rings. The first kappa shape index (κ1) is 41.7. The van der Waals surface area contributed by atoms with Crippen molar-refractivity contribution in [3.05, 3.63) is 187 Å². The number of rotatable bonds is 12. The van der Waals surface area contributed by atoms with Gasteiger partial charge in [-0.25, -0.2) is 14.6 Å². The van der Waals surface area contributed by atoms with Crippen LogP contribution < -0.4 is 20.1 Å². The maximum absolute atomic E-state index is 14.3. The van der Waals surface area contributed by atoms with Gasteiger partial charge in [0.15, 0.2) is 11.5 Å². The maximum atomic E-state index is 14.3. The van der Waals surface area contributed by atoms with Crippen LogP contribution in [0.3, 0.4) is 0 Å². The highest BCUT2D eigenvalue weighted by molar-refractivity contribution is 9.10. The Bertz CT molecular complexity index is 2640. The summed E-state index contributed by atoms with van der Waals surface area (Å²) < 4.78 is 32.1. The molecule has 0 radical (unpaired) electrons. The molecule has 62 heavy (non-hydrogen) atoms. The zero-order chi connectivity index (χ0) is 43.4. The number of fused-ring (bicyclic) bond motifs is 4. The molecule has 0 saturated heterocycles. The average Bonchev–Trinajstić information content (AvgIpc) is 3.74. The highest BCUT2D eigenvalue weighted by Crippen LogP contribution is 2.52. The van der Waals surface area contributed by atoms with Crippen LogP contribution in [-0.2, 0) is 45.9 Å². The van der Waals surface area contributed by atoms with E-state index in [4.69, 9.17) is 28.3 Å². The predicted molar refractivity (Wildman–Crippen MR) is 228 cm³/mol. The number of para-hydroxylation sites is 2. The molecular formula is C47H41BrN4O10. The van der Waals surface area contributed by atoms with Gasteiger partial charge in [-0.1, -0.05) is 111 Å². The Morgan fingerprint density at radius 2 is 1.61 bits per heavy atom. The van der Waals surface area contributed by atoms with Crippen LogP contribution in [0.2, 0.25) is 0 Å². The van der Waals surface area contributed by atoms with Crippen LogP contribution in [0.4, 0.5) is 10.5 Å². The van der Waals surface area contributed by atoms with Gasteiger partial charge in [-0.15, -0.1) is 0 Å². The number of carbonyl (C=O) groups excluding carboxylic acids is 3. The fraction of sp³-hybridized carbons (Fsp3) is 0.234. The van der Waals surface area contributed by atoms with E-state index in [1.54, 1.807) is 48.5 Å². The van der Waals surface area contributed by atoms with Crippen LogP contribution in [0, 0.1) is 16.0 Å². The summed E-state index contributed by atoms with van der Waals surface area (Å²) >= 11 is 3.68. The van der Waals surface area contributed by atoms with E-state index in [1.165, 1.54) is 6.07 Å². The second kappa shape index (κ2) is 17.9. The van der Waals surface area contributed by atoms with E-state index in [1.807, 2.05) is 80.6 Å². The molecule has 3 atom stereocenters. The summed E-state index contributed by atoms with van der Waals surface area (Å²) in [5.74, 6) is -0.755. The third kappa shape index (κ3) is 8.48. The SMILES string of the molecule is CC(C)[C@@H]1NC(=O)[C@@H](NC(=O)OCc2ccccc2)Cc2ccc(OCc3ccccc3)c(c2)[C@]2(c3cccc(Br)c3OCc3ccccc3[N+](=O)[O-])COC(=O)c3nc1oc32. The van der Waals surface area contributed by atoms with Crippen LogP contribution in [0.25, 0.3) is 0 Å². The number of esters is 1. The number of benzene rings is 5. The minimum Gasteiger partial charge on any atom is -0.489 e. The second-order valence-electron chi connectivity index (χ2n) is 15.3. The number of halogens is 1. The van der Waals surface area contributed by atoms with Crippen molar-refractivity contribution in [3.63, 3.8) is 0 Å². The Kier molecular flexibility index (Phi) is 12.1. The Morgan fingerprint density at radius 3 is 2.34 bits per heavy atom. The van der Waals surface area contributed by atoms with Crippen LogP contribution in [-0.4, -0.2) is 40.5 Å². The number of carbonyl (C=O) groups is 3. The first-order chi connectivity index (χ1) is 30.0. The van der Waals surface area contributed by atoms with Crippen molar-refractivity contribution >= 4 is 39.6 Å². The van der Waals surface area contributed by atoms with Crippen molar-refractivity contribution in [3.8, 4) is 11.5 Å². The van der Waals surface area contributed by atoms with Crippen molar-refractivity contribution in [2.24, 2.45) is 5.92 Å². The minimum atomic E-state index is -1.53. The summed E-state index contributed by atoms with van der Waals surface area (Å²) in [6.45, 7) is 3.38. The number of ether oxygens (including phenoxy) is 4. The number of hydrogen-bond acceptors (Lipinski definition) is 11. The molecule has 5 aromatic carbocycles. The monoisotopic (exact) mass is 900 g/mol. The van der Waals surface area contributed by atoms with Crippen LogP contribution in [0.5, 0.6) is 11.5 Å². The van der Waals surface area contributed by atoms with Gasteiger partial charge >= 0.3 is 12.1 Å². The summed E-state index contributed by atoms with van der Waals surface area (Å²) in [5, 5.41) is 17.8. The van der Waals surface area contributed by atoms with E-state index < -0.39 is 40.4 Å². The number of amides is 2. The first-order valence-corrected chi connectivity index (χ1v) is 20.7. The average molecular weight is 902 g/mol. The lowest BCUT2D eigenvalue weighted by Crippen LogP contribution is -2.49. The molecule has 316 valence electrons. The van der Waals surface area contributed by atoms with Gasteiger partial charge in [0.1, 0.15) is 55.4 Å². The molecule has 6 aromatic rings. The Morgan fingerprint density at radius 1 is 0.903 bits per heavy atom. The topological polar surface area (TPSA) is 181 Å². The zero-order valence-electron chi connectivity index (χ0n) is 33.7. The molecule has 14 nitrogen and oxygen atoms in total. The number of nitrogens with one attached hydrogen (secondary N) is 2. The molecule has 0 unspecified atom stereocenters. The molecule has 2 amide bonds. The third-order valence-electron chi connectivity index (χ3n) is 10.9. The zero-order valence-corrected chi connectivity index (χ0v) is 35.3. The van der Waals surface area contributed by atoms with E-state index in [-0.39, 0.29) is 67.5 Å². The van der Waals surface area contributed by atoms with Crippen molar-refractivity contribution in [2.75, 3.05) is 6.61 Å². The number of oxazole rings is 1. The Hall–Kier alpha value is -7.00. The van der Waals surface area contributed by atoms with Crippen molar-refractivity contribution in [2.45, 2.75) is 57.6 Å². The summed E-state index contributed by atoms with van der Waals surface area (Å²) in [6.07, 6.45) is -0.788. The molecule has 0 aliphatic carbocycles. The van der Waals surface area contributed by atoms with Gasteiger partial charge in [-0.3, -0.25) is 14.9 Å². The summed E-state index contributed by atoms with van der Waals surface area (Å²) in [6, 6.07) is 33.8. The van der Waals surface area contributed by atoms with Gasteiger partial charge in [0.2, 0.25) is 11.8 Å². The van der Waals surface area contributed by atoms with Crippen molar-refractivity contribution in [1.82, 2.24) is 15.6 Å². The molecule has 1 aromatic heterocycles. The number of nitrogens with zero attached hydrogens (tertiary/aromatic N) is 2. The van der Waals surface area contributed by atoms with E-state index in [0.29, 0.717) is 32.5 Å². The Labute approximate surface area is 364 Å². The molecule has 0 spiro atoms.